The summed E-state index contributed by atoms with van der Waals surface area (Å²) in [5.74, 6) is -3.52. The predicted molar refractivity (Wildman–Crippen MR) is 231 cm³/mol. The van der Waals surface area contributed by atoms with E-state index >= 15 is 0 Å². The zero-order valence-corrected chi connectivity index (χ0v) is 35.3. The van der Waals surface area contributed by atoms with Gasteiger partial charge in [0.05, 0.1) is 45.7 Å². The minimum atomic E-state index is -0.879. The SMILES string of the molecule is CCC(O)CC(O)(CC)CC.CCCC(O)(CC)CC(O)CC.O=C(O)c1ccccc1.O=C(O)c1ccccc1.O=C(O)c1ccccc1.O=C(O)c1ccccc1. The van der Waals surface area contributed by atoms with Crippen LogP contribution in [0.3, 0.4) is 0 Å². The molecule has 59 heavy (non-hydrogen) atoms. The lowest BCUT2D eigenvalue weighted by Crippen LogP contribution is -2.32. The van der Waals surface area contributed by atoms with Crippen molar-refractivity contribution in [3.63, 3.8) is 0 Å². The average molecular weight is 823 g/mol. The van der Waals surface area contributed by atoms with Crippen molar-refractivity contribution in [2.45, 2.75) is 123 Å². The molecule has 0 saturated heterocycles. The fraction of sp³-hybridized carbons (Fsp3) is 0.404. The van der Waals surface area contributed by atoms with Gasteiger partial charge in [0.2, 0.25) is 0 Å². The van der Waals surface area contributed by atoms with Gasteiger partial charge in [-0.25, -0.2) is 19.2 Å². The van der Waals surface area contributed by atoms with Gasteiger partial charge in [0.25, 0.3) is 0 Å². The van der Waals surface area contributed by atoms with Crippen LogP contribution in [0, 0.1) is 0 Å². The lowest BCUT2D eigenvalue weighted by atomic mass is 9.88. The molecule has 0 radical (unpaired) electrons. The molecular formula is C47H66O12. The lowest BCUT2D eigenvalue weighted by Gasteiger charge is -2.28. The van der Waals surface area contributed by atoms with Gasteiger partial charge in [0.1, 0.15) is 0 Å². The maximum Gasteiger partial charge on any atom is 0.335 e. The highest BCUT2D eigenvalue weighted by Gasteiger charge is 2.26. The second kappa shape index (κ2) is 32.5. The molecule has 0 amide bonds. The Morgan fingerprint density at radius 2 is 0.644 bits per heavy atom. The highest BCUT2D eigenvalue weighted by atomic mass is 16.4. The molecule has 326 valence electrons. The molecule has 0 heterocycles. The summed E-state index contributed by atoms with van der Waals surface area (Å²) in [5.41, 5.74) is 0.0459. The Labute approximate surface area is 349 Å². The third-order valence-corrected chi connectivity index (χ3v) is 8.95. The Kier molecular flexibility index (Phi) is 30.7. The second-order valence-corrected chi connectivity index (χ2v) is 13.5. The van der Waals surface area contributed by atoms with Crippen molar-refractivity contribution in [2.24, 2.45) is 0 Å². The molecule has 0 fully saturated rings. The largest absolute Gasteiger partial charge is 0.478 e. The van der Waals surface area contributed by atoms with Crippen molar-refractivity contribution < 1.29 is 60.0 Å². The maximum absolute atomic E-state index is 10.2. The van der Waals surface area contributed by atoms with Crippen LogP contribution in [-0.4, -0.2) is 88.1 Å². The molecule has 4 rings (SSSR count). The van der Waals surface area contributed by atoms with E-state index in [9.17, 15) is 39.6 Å². The number of aromatic carboxylic acids is 4. The number of hydrogen-bond donors (Lipinski definition) is 8. The summed E-state index contributed by atoms with van der Waals surface area (Å²) in [5, 5.41) is 72.0. The highest BCUT2D eigenvalue weighted by Crippen LogP contribution is 2.24. The zero-order valence-electron chi connectivity index (χ0n) is 35.3. The summed E-state index contributed by atoms with van der Waals surface area (Å²) in [6.07, 6.45) is 5.74. The van der Waals surface area contributed by atoms with E-state index in [-0.39, 0.29) is 12.2 Å². The lowest BCUT2D eigenvalue weighted by molar-refractivity contribution is -0.0216. The van der Waals surface area contributed by atoms with Gasteiger partial charge in [-0.05, 0) is 87.1 Å². The molecule has 0 spiro atoms. The quantitative estimate of drug-likeness (QED) is 0.0561. The van der Waals surface area contributed by atoms with Crippen LogP contribution in [0.25, 0.3) is 0 Å². The Hall–Kier alpha value is -5.40. The normalized spacial score (nSPS) is 12.0. The van der Waals surface area contributed by atoms with Crippen LogP contribution in [0.2, 0.25) is 0 Å². The minimum Gasteiger partial charge on any atom is -0.478 e. The van der Waals surface area contributed by atoms with Crippen LogP contribution in [0.4, 0.5) is 0 Å². The van der Waals surface area contributed by atoms with E-state index < -0.39 is 35.1 Å². The van der Waals surface area contributed by atoms with Crippen molar-refractivity contribution in [1.29, 1.82) is 0 Å². The summed E-state index contributed by atoms with van der Waals surface area (Å²) >= 11 is 0. The molecule has 0 aliphatic rings. The molecule has 0 aliphatic carbocycles. The Morgan fingerprint density at radius 3 is 0.797 bits per heavy atom. The number of carboxylic acid groups (broad SMARTS) is 4. The first-order chi connectivity index (χ1) is 27.9. The molecule has 3 atom stereocenters. The molecule has 8 N–H and O–H groups in total. The molecule has 4 aromatic carbocycles. The van der Waals surface area contributed by atoms with Crippen LogP contribution >= 0.6 is 0 Å². The number of rotatable bonds is 15. The summed E-state index contributed by atoms with van der Waals surface area (Å²) in [6.45, 7) is 11.8. The molecule has 0 saturated carbocycles. The van der Waals surface area contributed by atoms with Gasteiger partial charge in [0.15, 0.2) is 0 Å². The summed E-state index contributed by atoms with van der Waals surface area (Å²) in [4.78, 5) is 40.8. The summed E-state index contributed by atoms with van der Waals surface area (Å²) in [7, 11) is 0. The predicted octanol–water partition coefficient (Wildman–Crippen LogP) is 9.33. The van der Waals surface area contributed by atoms with Crippen LogP contribution in [-0.2, 0) is 0 Å². The van der Waals surface area contributed by atoms with Gasteiger partial charge in [-0.1, -0.05) is 121 Å². The Bertz CT molecular complexity index is 1470. The molecule has 3 unspecified atom stereocenters. The first-order valence-electron chi connectivity index (χ1n) is 19.8. The van der Waals surface area contributed by atoms with E-state index in [1.807, 2.05) is 34.6 Å². The van der Waals surface area contributed by atoms with Gasteiger partial charge >= 0.3 is 23.9 Å². The second-order valence-electron chi connectivity index (χ2n) is 13.5. The van der Waals surface area contributed by atoms with Gasteiger partial charge < -0.3 is 40.9 Å². The number of aliphatic hydroxyl groups excluding tert-OH is 2. The number of carboxylic acids is 4. The first-order valence-corrected chi connectivity index (χ1v) is 19.8. The van der Waals surface area contributed by atoms with E-state index in [4.69, 9.17) is 20.4 Å². The van der Waals surface area contributed by atoms with Crippen molar-refractivity contribution in [1.82, 2.24) is 0 Å². The van der Waals surface area contributed by atoms with Gasteiger partial charge in [-0.15, -0.1) is 0 Å². The Balaban J connectivity index is 0. The van der Waals surface area contributed by atoms with Gasteiger partial charge in [-0.3, -0.25) is 0 Å². The minimum absolute atomic E-state index is 0.331. The maximum atomic E-state index is 10.2. The third kappa shape index (κ3) is 27.8. The highest BCUT2D eigenvalue weighted by molar-refractivity contribution is 5.88. The fourth-order valence-electron chi connectivity index (χ4n) is 4.92. The number of carbonyl (C=O) groups is 4. The average Bonchev–Trinajstić information content (AvgIpc) is 3.26. The van der Waals surface area contributed by atoms with Crippen LogP contribution < -0.4 is 0 Å². The Morgan fingerprint density at radius 1 is 0.424 bits per heavy atom. The summed E-state index contributed by atoms with van der Waals surface area (Å²) < 4.78 is 0. The van der Waals surface area contributed by atoms with Crippen molar-refractivity contribution in [3.05, 3.63) is 144 Å². The number of aliphatic hydroxyl groups is 4. The third-order valence-electron chi connectivity index (χ3n) is 8.95. The van der Waals surface area contributed by atoms with E-state index in [0.29, 0.717) is 35.1 Å². The van der Waals surface area contributed by atoms with Crippen molar-refractivity contribution >= 4 is 23.9 Å². The molecule has 0 bridgehead atoms. The van der Waals surface area contributed by atoms with Crippen molar-refractivity contribution in [3.8, 4) is 0 Å². The van der Waals surface area contributed by atoms with Crippen LogP contribution in [0.1, 0.15) is 141 Å². The molecule has 4 aromatic rings. The fourth-order valence-corrected chi connectivity index (χ4v) is 4.92. The number of benzene rings is 4. The molecular weight excluding hydrogens is 757 g/mol. The van der Waals surface area contributed by atoms with E-state index in [2.05, 4.69) is 6.92 Å². The molecule has 12 nitrogen and oxygen atoms in total. The van der Waals surface area contributed by atoms with Gasteiger partial charge in [-0.2, -0.15) is 0 Å². The first kappa shape index (κ1) is 55.7. The van der Waals surface area contributed by atoms with E-state index in [1.54, 1.807) is 121 Å². The smallest absolute Gasteiger partial charge is 0.335 e. The molecule has 0 aliphatic heterocycles. The topological polar surface area (TPSA) is 230 Å². The van der Waals surface area contributed by atoms with E-state index in [0.717, 1.165) is 44.9 Å². The number of hydrogen-bond acceptors (Lipinski definition) is 8. The zero-order chi connectivity index (χ0) is 45.3. The van der Waals surface area contributed by atoms with E-state index in [1.165, 1.54) is 0 Å². The van der Waals surface area contributed by atoms with Crippen molar-refractivity contribution in [2.75, 3.05) is 0 Å². The monoisotopic (exact) mass is 822 g/mol. The van der Waals surface area contributed by atoms with Gasteiger partial charge in [0, 0.05) is 12.8 Å². The van der Waals surface area contributed by atoms with Crippen LogP contribution in [0.5, 0.6) is 0 Å². The summed E-state index contributed by atoms with van der Waals surface area (Å²) in [6, 6.07) is 33.2. The standard InChI is InChI=1S/C10H22O2.C9H20O2.4C7H6O2/c1-4-7-10(12,6-3)8-9(11)5-2;1-4-8(10)7-9(11,5-2)6-3;4*8-7(9)6-4-2-1-3-5-6/h9,11-12H,4-8H2,1-3H3;8,10-11H,4-7H2,1-3H3;4*1-5H,(H,8,9). The molecule has 0 aromatic heterocycles. The van der Waals surface area contributed by atoms with Crippen LogP contribution in [0.15, 0.2) is 121 Å². The molecule has 12 heteroatoms.